The smallest absolute Gasteiger partial charge is 0.410 e. The van der Waals surface area contributed by atoms with Crippen molar-refractivity contribution in [1.82, 2.24) is 24.4 Å². The van der Waals surface area contributed by atoms with Gasteiger partial charge in [-0.3, -0.25) is 4.57 Å². The molecule has 0 aliphatic carbocycles. The van der Waals surface area contributed by atoms with Gasteiger partial charge in [-0.1, -0.05) is 0 Å². The van der Waals surface area contributed by atoms with E-state index in [-0.39, 0.29) is 10.7 Å². The number of nitrogens with zero attached hydrogens (tertiary/aromatic N) is 6. The number of sulfone groups is 1. The largest absolute Gasteiger partial charge is 0.444 e. The second-order valence-corrected chi connectivity index (χ2v) is 12.3. The average molecular weight is 538 g/mol. The number of likely N-dealkylation sites (tertiary alicyclic amines) is 1. The number of pyridine rings is 1. The molecule has 198 valence electrons. The Hall–Kier alpha value is -4.06. The summed E-state index contributed by atoms with van der Waals surface area (Å²) in [6.07, 6.45) is 4.87. The molecule has 1 aliphatic rings. The number of hydrogen-bond donors (Lipinski definition) is 1. The van der Waals surface area contributed by atoms with E-state index in [9.17, 15) is 18.4 Å². The predicted molar refractivity (Wildman–Crippen MR) is 137 cm³/mol. The van der Waals surface area contributed by atoms with Crippen LogP contribution >= 0.6 is 0 Å². The summed E-state index contributed by atoms with van der Waals surface area (Å²) < 4.78 is 34.9. The van der Waals surface area contributed by atoms with Gasteiger partial charge in [0.15, 0.2) is 15.5 Å². The van der Waals surface area contributed by atoms with Crippen LogP contribution in [0.15, 0.2) is 66.0 Å². The van der Waals surface area contributed by atoms with Gasteiger partial charge in [-0.05, 0) is 79.7 Å². The third-order valence-electron chi connectivity index (χ3n) is 6.30. The summed E-state index contributed by atoms with van der Waals surface area (Å²) in [7, 11) is -3.62. The van der Waals surface area contributed by atoms with E-state index >= 15 is 0 Å². The average Bonchev–Trinajstić information content (AvgIpc) is 3.27. The molecular formula is C26H29N6O5S+. The van der Waals surface area contributed by atoms with Gasteiger partial charge < -0.3 is 14.8 Å². The molecule has 1 N–H and O–H groups in total. The van der Waals surface area contributed by atoms with Gasteiger partial charge in [-0.15, -0.1) is 0 Å². The van der Waals surface area contributed by atoms with Crippen molar-refractivity contribution < 1.29 is 27.9 Å². The van der Waals surface area contributed by atoms with E-state index in [2.05, 4.69) is 15.0 Å². The standard InChI is InChI=1S/C26H29N6O5S/c1-26(2,3)37-25(33)30-16-11-20(12-17-30)38(35,36)19-9-7-18(8-10-19)32-22-21(6-4-13-27-22)29-24(32)23-28-14-5-15-31(23)34/h4-10,13-15,20,34H,11-12,16-17H2,1-3H3/q+1. The van der Waals surface area contributed by atoms with E-state index in [1.165, 1.54) is 6.20 Å². The molecule has 1 aliphatic heterocycles. The molecule has 38 heavy (non-hydrogen) atoms. The lowest BCUT2D eigenvalue weighted by Crippen LogP contribution is -2.44. The number of carbonyl (C=O) groups is 1. The lowest BCUT2D eigenvalue weighted by Gasteiger charge is -2.33. The van der Waals surface area contributed by atoms with Gasteiger partial charge in [0.2, 0.25) is 5.82 Å². The van der Waals surface area contributed by atoms with Crippen molar-refractivity contribution in [2.75, 3.05) is 13.1 Å². The topological polar surface area (TPSA) is 131 Å². The molecule has 0 bridgehead atoms. The summed E-state index contributed by atoms with van der Waals surface area (Å²) in [5.41, 5.74) is 1.15. The fourth-order valence-corrected chi connectivity index (χ4v) is 6.21. The van der Waals surface area contributed by atoms with E-state index in [4.69, 9.17) is 4.74 Å². The van der Waals surface area contributed by atoms with Crippen LogP contribution < -0.4 is 4.73 Å². The molecule has 4 heterocycles. The van der Waals surface area contributed by atoms with Crippen LogP contribution in [0.2, 0.25) is 0 Å². The van der Waals surface area contributed by atoms with Crippen molar-refractivity contribution in [2.24, 2.45) is 0 Å². The maximum Gasteiger partial charge on any atom is 0.410 e. The maximum atomic E-state index is 13.4. The van der Waals surface area contributed by atoms with E-state index < -0.39 is 26.8 Å². The summed E-state index contributed by atoms with van der Waals surface area (Å²) in [4.78, 5) is 27.4. The highest BCUT2D eigenvalue weighted by Gasteiger charge is 2.34. The van der Waals surface area contributed by atoms with Crippen molar-refractivity contribution in [3.63, 3.8) is 0 Å². The van der Waals surface area contributed by atoms with Gasteiger partial charge in [-0.25, -0.2) is 23.2 Å². The first-order valence-electron chi connectivity index (χ1n) is 12.3. The molecule has 0 radical (unpaired) electrons. The van der Waals surface area contributed by atoms with Crippen LogP contribution in [0.1, 0.15) is 33.6 Å². The molecule has 4 aromatic rings. The van der Waals surface area contributed by atoms with Crippen LogP contribution in [0.5, 0.6) is 0 Å². The Bertz CT molecular complexity index is 1590. The van der Waals surface area contributed by atoms with Gasteiger partial charge in [-0.2, -0.15) is 0 Å². The fourth-order valence-electron chi connectivity index (χ4n) is 4.48. The quantitative estimate of drug-likeness (QED) is 0.310. The van der Waals surface area contributed by atoms with Gasteiger partial charge in [0.05, 0.1) is 10.1 Å². The zero-order valence-corrected chi connectivity index (χ0v) is 22.2. The molecule has 11 nitrogen and oxygen atoms in total. The number of rotatable bonds is 4. The molecule has 1 amide bonds. The highest BCUT2D eigenvalue weighted by atomic mass is 32.2. The van der Waals surface area contributed by atoms with Crippen LogP contribution in [0.3, 0.4) is 0 Å². The van der Waals surface area contributed by atoms with Crippen LogP contribution in [-0.2, 0) is 14.6 Å². The van der Waals surface area contributed by atoms with Crippen LogP contribution in [0.4, 0.5) is 4.79 Å². The Kier molecular flexibility index (Phi) is 6.51. The zero-order valence-electron chi connectivity index (χ0n) is 21.4. The van der Waals surface area contributed by atoms with Gasteiger partial charge >= 0.3 is 11.9 Å². The second-order valence-electron chi connectivity index (χ2n) is 10.1. The molecule has 3 aromatic heterocycles. The molecule has 0 spiro atoms. The number of fused-ring (bicyclic) bond motifs is 1. The van der Waals surface area contributed by atoms with Gasteiger partial charge in [0.1, 0.15) is 23.5 Å². The van der Waals surface area contributed by atoms with Crippen molar-refractivity contribution in [3.05, 3.63) is 61.1 Å². The first-order valence-corrected chi connectivity index (χ1v) is 13.8. The molecule has 1 aromatic carbocycles. The lowest BCUT2D eigenvalue weighted by atomic mass is 10.1. The van der Waals surface area contributed by atoms with Crippen LogP contribution in [-0.4, -0.2) is 68.1 Å². The minimum absolute atomic E-state index is 0.200. The van der Waals surface area contributed by atoms with Crippen molar-refractivity contribution in [1.29, 1.82) is 0 Å². The minimum Gasteiger partial charge on any atom is -0.444 e. The Balaban J connectivity index is 1.41. The summed E-state index contributed by atoms with van der Waals surface area (Å²) in [6, 6.07) is 11.7. The number of amides is 1. The van der Waals surface area contributed by atoms with Gasteiger partial charge in [0, 0.05) is 31.0 Å². The van der Waals surface area contributed by atoms with Crippen molar-refractivity contribution in [3.8, 4) is 17.3 Å². The monoisotopic (exact) mass is 537 g/mol. The number of benzene rings is 1. The Morgan fingerprint density at radius 1 is 1.05 bits per heavy atom. The van der Waals surface area contributed by atoms with E-state index in [0.29, 0.717) is 48.6 Å². The number of hydrogen-bond acceptors (Lipinski definition) is 8. The first-order chi connectivity index (χ1) is 18.0. The molecule has 1 fully saturated rings. The lowest BCUT2D eigenvalue weighted by molar-refractivity contribution is -0.898. The molecule has 0 unspecified atom stereocenters. The van der Waals surface area contributed by atoms with Crippen molar-refractivity contribution in [2.45, 2.75) is 49.4 Å². The summed E-state index contributed by atoms with van der Waals surface area (Å²) >= 11 is 0. The number of carbonyl (C=O) groups excluding carboxylic acids is 1. The first kappa shape index (κ1) is 25.6. The normalized spacial score (nSPS) is 15.1. The molecular weight excluding hydrogens is 508 g/mol. The molecule has 0 atom stereocenters. The van der Waals surface area contributed by atoms with Crippen LogP contribution in [0, 0.1) is 0 Å². The second kappa shape index (κ2) is 9.67. The maximum absolute atomic E-state index is 13.4. The SMILES string of the molecule is CC(C)(C)OC(=O)N1CCC(S(=O)(=O)c2ccc(-n3c(-c4nccc[n+]4O)nc4cccnc43)cc2)CC1. The predicted octanol–water partition coefficient (Wildman–Crippen LogP) is 3.18. The fraction of sp³-hybridized carbons (Fsp3) is 0.346. The number of ether oxygens (including phenoxy) is 1. The highest BCUT2D eigenvalue weighted by Crippen LogP contribution is 2.29. The Morgan fingerprint density at radius 2 is 1.74 bits per heavy atom. The van der Waals surface area contributed by atoms with Gasteiger partial charge in [0.25, 0.3) is 0 Å². The number of piperidine rings is 1. The minimum atomic E-state index is -3.62. The molecule has 0 saturated carbocycles. The van der Waals surface area contributed by atoms with E-state index in [0.717, 1.165) is 4.73 Å². The Morgan fingerprint density at radius 3 is 2.39 bits per heavy atom. The summed E-state index contributed by atoms with van der Waals surface area (Å²) in [5.74, 6) is 0.561. The molecule has 12 heteroatoms. The van der Waals surface area contributed by atoms with E-state index in [1.54, 1.807) is 85.1 Å². The number of aromatic nitrogens is 5. The Labute approximate surface area is 220 Å². The van der Waals surface area contributed by atoms with E-state index in [1.807, 2.05) is 0 Å². The zero-order chi connectivity index (χ0) is 27.1. The van der Waals surface area contributed by atoms with Crippen LogP contribution in [0.25, 0.3) is 28.5 Å². The van der Waals surface area contributed by atoms with Crippen molar-refractivity contribution >= 4 is 27.1 Å². The summed E-state index contributed by atoms with van der Waals surface area (Å²) in [5, 5.41) is 9.74. The molecule has 5 rings (SSSR count). The third kappa shape index (κ3) is 4.91. The number of imidazole rings is 1. The highest BCUT2D eigenvalue weighted by molar-refractivity contribution is 7.92. The molecule has 1 saturated heterocycles. The summed E-state index contributed by atoms with van der Waals surface area (Å²) in [6.45, 7) is 6.04. The third-order valence-corrected chi connectivity index (χ3v) is 8.58.